The lowest BCUT2D eigenvalue weighted by atomic mass is 10.1. The van der Waals surface area contributed by atoms with Gasteiger partial charge in [-0.3, -0.25) is 4.79 Å². The van der Waals surface area contributed by atoms with Crippen LogP contribution in [0.2, 0.25) is 0 Å². The largest absolute Gasteiger partial charge is 0.446 e. The number of nitrogens with two attached hydrogens (primary N) is 1. The maximum absolute atomic E-state index is 12.2. The van der Waals surface area contributed by atoms with Crippen molar-refractivity contribution in [1.82, 2.24) is 4.90 Å². The van der Waals surface area contributed by atoms with Gasteiger partial charge in [-0.15, -0.1) is 0 Å². The number of nitrogens with zero attached hydrogens (tertiary/aromatic N) is 1. The lowest BCUT2D eigenvalue weighted by molar-refractivity contribution is -0.0328. The van der Waals surface area contributed by atoms with E-state index in [-0.39, 0.29) is 22.6 Å². The number of hydrogen-bond acceptors (Lipinski definition) is 3. The molecular weight excluding hydrogens is 289 g/mol. The molecule has 1 atom stereocenters. The van der Waals surface area contributed by atoms with Gasteiger partial charge in [0.25, 0.3) is 5.91 Å². The molecule has 1 aromatic rings. The number of halogens is 3. The van der Waals surface area contributed by atoms with Gasteiger partial charge in [0.2, 0.25) is 0 Å². The first-order valence-corrected chi connectivity index (χ1v) is 7.06. The highest BCUT2D eigenvalue weighted by Crippen LogP contribution is 2.36. The Morgan fingerprint density at radius 3 is 2.50 bits per heavy atom. The van der Waals surface area contributed by atoms with Gasteiger partial charge in [-0.25, -0.2) is 0 Å². The number of amides is 1. The van der Waals surface area contributed by atoms with E-state index in [0.29, 0.717) is 31.1 Å². The fourth-order valence-corrected chi connectivity index (χ4v) is 2.73. The summed E-state index contributed by atoms with van der Waals surface area (Å²) in [5.74, 6) is 0.170. The van der Waals surface area contributed by atoms with Crippen LogP contribution in [0, 0.1) is 5.92 Å². The normalized spacial score (nSPS) is 19.4. The third-order valence-corrected chi connectivity index (χ3v) is 3.98. The van der Waals surface area contributed by atoms with E-state index < -0.39 is 5.51 Å². The van der Waals surface area contributed by atoms with Crippen molar-refractivity contribution in [2.24, 2.45) is 11.7 Å². The highest BCUT2D eigenvalue weighted by atomic mass is 32.2. The zero-order valence-electron chi connectivity index (χ0n) is 10.7. The first kappa shape index (κ1) is 15.2. The van der Waals surface area contributed by atoms with Crippen LogP contribution in [0.15, 0.2) is 29.2 Å². The minimum Gasteiger partial charge on any atom is -0.338 e. The summed E-state index contributed by atoms with van der Waals surface area (Å²) >= 11 is -0.184. The zero-order valence-corrected chi connectivity index (χ0v) is 11.5. The van der Waals surface area contributed by atoms with E-state index >= 15 is 0 Å². The van der Waals surface area contributed by atoms with E-state index in [1.54, 1.807) is 4.90 Å². The summed E-state index contributed by atoms with van der Waals surface area (Å²) in [6, 6.07) is 5.52. The number of rotatable bonds is 3. The second kappa shape index (κ2) is 6.05. The SMILES string of the molecule is NCC1CCN(C(=O)c2ccc(SC(F)(F)F)cc2)C1. The number of alkyl halides is 3. The van der Waals surface area contributed by atoms with Gasteiger partial charge >= 0.3 is 5.51 Å². The molecule has 20 heavy (non-hydrogen) atoms. The van der Waals surface area contributed by atoms with Crippen LogP contribution < -0.4 is 5.73 Å². The fourth-order valence-electron chi connectivity index (χ4n) is 2.19. The Morgan fingerprint density at radius 2 is 2.00 bits per heavy atom. The van der Waals surface area contributed by atoms with Crippen molar-refractivity contribution in [3.8, 4) is 0 Å². The number of carbonyl (C=O) groups is 1. The van der Waals surface area contributed by atoms with Gasteiger partial charge in [0.15, 0.2) is 0 Å². The first-order chi connectivity index (χ1) is 9.39. The Bertz CT molecular complexity index is 475. The van der Waals surface area contributed by atoms with E-state index in [4.69, 9.17) is 5.73 Å². The number of thioether (sulfide) groups is 1. The van der Waals surface area contributed by atoms with Gasteiger partial charge in [0.1, 0.15) is 0 Å². The molecule has 0 bridgehead atoms. The van der Waals surface area contributed by atoms with Crippen molar-refractivity contribution < 1.29 is 18.0 Å². The molecular formula is C13H15F3N2OS. The standard InChI is InChI=1S/C13H15F3N2OS/c14-13(15,16)20-11-3-1-10(2-4-11)12(19)18-6-5-9(7-17)8-18/h1-4,9H,5-8,17H2. The molecule has 1 heterocycles. The summed E-state index contributed by atoms with van der Waals surface area (Å²) < 4.78 is 36.6. The van der Waals surface area contributed by atoms with Gasteiger partial charge in [0.05, 0.1) is 0 Å². The summed E-state index contributed by atoms with van der Waals surface area (Å²) in [5, 5.41) is 0. The molecule has 0 aromatic heterocycles. The Hall–Kier alpha value is -1.21. The Kier molecular flexibility index (Phi) is 4.59. The smallest absolute Gasteiger partial charge is 0.338 e. The average Bonchev–Trinajstić information content (AvgIpc) is 2.85. The minimum absolute atomic E-state index is 0.0790. The topological polar surface area (TPSA) is 46.3 Å². The summed E-state index contributed by atoms with van der Waals surface area (Å²) in [4.78, 5) is 13.9. The molecule has 1 aliphatic heterocycles. The van der Waals surface area contributed by atoms with Crippen molar-refractivity contribution in [2.75, 3.05) is 19.6 Å². The molecule has 2 N–H and O–H groups in total. The molecule has 2 rings (SSSR count). The maximum atomic E-state index is 12.2. The first-order valence-electron chi connectivity index (χ1n) is 6.24. The molecule has 1 unspecified atom stereocenters. The Labute approximate surface area is 119 Å². The van der Waals surface area contributed by atoms with E-state index in [1.807, 2.05) is 0 Å². The molecule has 1 fully saturated rings. The van der Waals surface area contributed by atoms with Gasteiger partial charge in [0, 0.05) is 23.5 Å². The highest BCUT2D eigenvalue weighted by Gasteiger charge is 2.29. The molecule has 1 amide bonds. The Balaban J connectivity index is 2.01. The second-order valence-corrected chi connectivity index (χ2v) is 5.85. The van der Waals surface area contributed by atoms with Crippen LogP contribution in [0.5, 0.6) is 0 Å². The summed E-state index contributed by atoms with van der Waals surface area (Å²) in [7, 11) is 0. The number of carbonyl (C=O) groups excluding carboxylic acids is 1. The molecule has 0 saturated carbocycles. The summed E-state index contributed by atoms with van der Waals surface area (Å²) in [5.41, 5.74) is 1.67. The summed E-state index contributed by atoms with van der Waals surface area (Å²) in [6.45, 7) is 1.82. The average molecular weight is 304 g/mol. The third-order valence-electron chi connectivity index (χ3n) is 3.24. The number of hydrogen-bond donors (Lipinski definition) is 1. The fraction of sp³-hybridized carbons (Fsp3) is 0.462. The van der Waals surface area contributed by atoms with Crippen LogP contribution in [0.25, 0.3) is 0 Å². The maximum Gasteiger partial charge on any atom is 0.446 e. The lowest BCUT2D eigenvalue weighted by Crippen LogP contribution is -2.29. The molecule has 1 aromatic carbocycles. The van der Waals surface area contributed by atoms with Crippen LogP contribution in [-0.2, 0) is 0 Å². The van der Waals surface area contributed by atoms with Crippen LogP contribution >= 0.6 is 11.8 Å². The quantitative estimate of drug-likeness (QED) is 0.873. The molecule has 1 aliphatic rings. The third kappa shape index (κ3) is 3.89. The van der Waals surface area contributed by atoms with E-state index in [2.05, 4.69) is 0 Å². The molecule has 1 saturated heterocycles. The van der Waals surface area contributed by atoms with Crippen molar-refractivity contribution in [3.05, 3.63) is 29.8 Å². The Morgan fingerprint density at radius 1 is 1.35 bits per heavy atom. The highest BCUT2D eigenvalue weighted by molar-refractivity contribution is 8.00. The van der Waals surface area contributed by atoms with Gasteiger partial charge in [-0.05, 0) is 54.9 Å². The van der Waals surface area contributed by atoms with Crippen LogP contribution in [0.4, 0.5) is 13.2 Å². The molecule has 0 radical (unpaired) electrons. The lowest BCUT2D eigenvalue weighted by Gasteiger charge is -2.16. The van der Waals surface area contributed by atoms with E-state index in [1.165, 1.54) is 24.3 Å². The molecule has 0 aliphatic carbocycles. The predicted octanol–water partition coefficient (Wildman–Crippen LogP) is 2.72. The van der Waals surface area contributed by atoms with Crippen molar-refractivity contribution in [2.45, 2.75) is 16.8 Å². The van der Waals surface area contributed by atoms with Gasteiger partial charge in [-0.1, -0.05) is 0 Å². The molecule has 7 heteroatoms. The van der Waals surface area contributed by atoms with Gasteiger partial charge < -0.3 is 10.6 Å². The minimum atomic E-state index is -4.31. The van der Waals surface area contributed by atoms with E-state index in [9.17, 15) is 18.0 Å². The monoisotopic (exact) mass is 304 g/mol. The molecule has 3 nitrogen and oxygen atoms in total. The van der Waals surface area contributed by atoms with Crippen molar-refractivity contribution in [1.29, 1.82) is 0 Å². The van der Waals surface area contributed by atoms with Crippen molar-refractivity contribution >= 4 is 17.7 Å². The zero-order chi connectivity index (χ0) is 14.8. The van der Waals surface area contributed by atoms with Crippen molar-refractivity contribution in [3.63, 3.8) is 0 Å². The number of likely N-dealkylation sites (tertiary alicyclic amines) is 1. The second-order valence-electron chi connectivity index (χ2n) is 4.71. The van der Waals surface area contributed by atoms with Crippen LogP contribution in [-0.4, -0.2) is 35.9 Å². The van der Waals surface area contributed by atoms with Crippen LogP contribution in [0.1, 0.15) is 16.8 Å². The number of benzene rings is 1. The van der Waals surface area contributed by atoms with Crippen LogP contribution in [0.3, 0.4) is 0 Å². The summed E-state index contributed by atoms with van der Waals surface area (Å²) in [6.07, 6.45) is 0.879. The predicted molar refractivity (Wildman–Crippen MR) is 71.4 cm³/mol. The van der Waals surface area contributed by atoms with E-state index in [0.717, 1.165) is 6.42 Å². The van der Waals surface area contributed by atoms with Gasteiger partial charge in [-0.2, -0.15) is 13.2 Å². The molecule has 0 spiro atoms. The molecule has 110 valence electrons.